The van der Waals surface area contributed by atoms with Gasteiger partial charge in [0.1, 0.15) is 0 Å². The third-order valence-corrected chi connectivity index (χ3v) is 5.84. The van der Waals surface area contributed by atoms with Crippen LogP contribution in [-0.2, 0) is 19.4 Å². The summed E-state index contributed by atoms with van der Waals surface area (Å²) in [6.07, 6.45) is 0.437. The Morgan fingerprint density at radius 3 is 2.33 bits per heavy atom. The third-order valence-electron chi connectivity index (χ3n) is 4.09. The number of hydrogen-bond donors (Lipinski definition) is 0. The first kappa shape index (κ1) is 18.4. The smallest absolute Gasteiger partial charge is 0.338 e. The summed E-state index contributed by atoms with van der Waals surface area (Å²) in [5, 5.41) is 0. The van der Waals surface area contributed by atoms with Crippen molar-refractivity contribution in [2.45, 2.75) is 33.2 Å². The number of amides is 1. The minimum atomic E-state index is -3.07. The second kappa shape index (κ2) is 7.34. The fraction of sp³-hybridized carbons (Fsp3) is 0.529. The van der Waals surface area contributed by atoms with Crippen LogP contribution in [-0.4, -0.2) is 55.9 Å². The molecule has 24 heavy (non-hydrogen) atoms. The number of hydrogen-bond acceptors (Lipinski definition) is 5. The second-order valence-corrected chi connectivity index (χ2v) is 8.42. The molecular formula is C17H23NO5S. The Morgan fingerprint density at radius 2 is 1.83 bits per heavy atom. The number of carbonyl (C=O) groups is 2. The SMILES string of the molecule is CCN(C(=O)COC(=O)c1cc(C)cc(C)c1)[C@@H]1CCS(=O)(=O)C1. The summed E-state index contributed by atoms with van der Waals surface area (Å²) in [6.45, 7) is 5.56. The van der Waals surface area contributed by atoms with Crippen LogP contribution in [0.2, 0.25) is 0 Å². The monoisotopic (exact) mass is 353 g/mol. The molecule has 0 spiro atoms. The minimum absolute atomic E-state index is 0.0163. The molecule has 1 heterocycles. The number of sulfone groups is 1. The van der Waals surface area contributed by atoms with E-state index in [-0.39, 0.29) is 30.1 Å². The molecule has 2 rings (SSSR count). The minimum Gasteiger partial charge on any atom is -0.452 e. The van der Waals surface area contributed by atoms with E-state index < -0.39 is 15.8 Å². The average molecular weight is 353 g/mol. The molecule has 1 saturated heterocycles. The molecule has 0 radical (unpaired) electrons. The van der Waals surface area contributed by atoms with E-state index in [0.29, 0.717) is 18.5 Å². The van der Waals surface area contributed by atoms with Crippen LogP contribution in [0.25, 0.3) is 0 Å². The first-order valence-corrected chi connectivity index (χ1v) is 9.79. The van der Waals surface area contributed by atoms with Crippen LogP contribution in [0, 0.1) is 13.8 Å². The number of esters is 1. The van der Waals surface area contributed by atoms with Crippen LogP contribution in [0.1, 0.15) is 34.8 Å². The highest BCUT2D eigenvalue weighted by Crippen LogP contribution is 2.18. The van der Waals surface area contributed by atoms with Gasteiger partial charge in [-0.2, -0.15) is 0 Å². The quantitative estimate of drug-likeness (QED) is 0.749. The predicted molar refractivity (Wildman–Crippen MR) is 90.6 cm³/mol. The molecule has 7 heteroatoms. The lowest BCUT2D eigenvalue weighted by Gasteiger charge is -2.26. The fourth-order valence-electron chi connectivity index (χ4n) is 3.05. The highest BCUT2D eigenvalue weighted by atomic mass is 32.2. The number of ether oxygens (including phenoxy) is 1. The fourth-order valence-corrected chi connectivity index (χ4v) is 4.78. The Bertz CT molecular complexity index is 721. The van der Waals surface area contributed by atoms with Crippen LogP contribution in [0.4, 0.5) is 0 Å². The normalized spacial score (nSPS) is 19.0. The van der Waals surface area contributed by atoms with E-state index in [1.165, 1.54) is 4.90 Å². The Hall–Kier alpha value is -1.89. The largest absolute Gasteiger partial charge is 0.452 e. The third kappa shape index (κ3) is 4.56. The Labute approximate surface area is 142 Å². The first-order valence-electron chi connectivity index (χ1n) is 7.97. The van der Waals surface area contributed by atoms with Gasteiger partial charge in [0, 0.05) is 12.6 Å². The molecule has 0 unspecified atom stereocenters. The Morgan fingerprint density at radius 1 is 1.21 bits per heavy atom. The van der Waals surface area contributed by atoms with Gasteiger partial charge in [-0.25, -0.2) is 13.2 Å². The zero-order valence-corrected chi connectivity index (χ0v) is 15.1. The van der Waals surface area contributed by atoms with Gasteiger partial charge in [-0.1, -0.05) is 17.2 Å². The van der Waals surface area contributed by atoms with Gasteiger partial charge in [0.15, 0.2) is 16.4 Å². The van der Waals surface area contributed by atoms with Gasteiger partial charge in [-0.15, -0.1) is 0 Å². The molecular weight excluding hydrogens is 330 g/mol. The molecule has 0 saturated carbocycles. The van der Waals surface area contributed by atoms with Crippen LogP contribution in [0.5, 0.6) is 0 Å². The van der Waals surface area contributed by atoms with E-state index in [2.05, 4.69) is 0 Å². The van der Waals surface area contributed by atoms with Gasteiger partial charge in [0.2, 0.25) is 0 Å². The lowest BCUT2D eigenvalue weighted by atomic mass is 10.1. The number of nitrogens with zero attached hydrogens (tertiary/aromatic N) is 1. The molecule has 0 bridgehead atoms. The van der Waals surface area contributed by atoms with Crippen molar-refractivity contribution in [1.29, 1.82) is 0 Å². The van der Waals surface area contributed by atoms with Crippen molar-refractivity contribution in [2.24, 2.45) is 0 Å². The number of rotatable bonds is 5. The van der Waals surface area contributed by atoms with Gasteiger partial charge in [-0.05, 0) is 39.3 Å². The summed E-state index contributed by atoms with van der Waals surface area (Å²) in [6, 6.07) is 5.04. The van der Waals surface area contributed by atoms with Gasteiger partial charge < -0.3 is 9.64 Å². The number of carbonyl (C=O) groups excluding carboxylic acids is 2. The summed E-state index contributed by atoms with van der Waals surface area (Å²) in [5.41, 5.74) is 2.30. The molecule has 0 aliphatic carbocycles. The standard InChI is InChI=1S/C17H23NO5S/c1-4-18(15-5-6-24(21,22)11-15)16(19)10-23-17(20)14-8-12(2)7-13(3)9-14/h7-9,15H,4-6,10-11H2,1-3H3/t15-/m1/s1. The van der Waals surface area contributed by atoms with Gasteiger partial charge in [0.05, 0.1) is 17.1 Å². The summed E-state index contributed by atoms with van der Waals surface area (Å²) >= 11 is 0. The molecule has 0 N–H and O–H groups in total. The van der Waals surface area contributed by atoms with E-state index in [4.69, 9.17) is 4.74 Å². The molecule has 0 aromatic heterocycles. The van der Waals surface area contributed by atoms with E-state index in [9.17, 15) is 18.0 Å². The number of likely N-dealkylation sites (N-methyl/N-ethyl adjacent to an activating group) is 1. The van der Waals surface area contributed by atoms with Crippen molar-refractivity contribution in [3.63, 3.8) is 0 Å². The van der Waals surface area contributed by atoms with Crippen LogP contribution in [0.15, 0.2) is 18.2 Å². The van der Waals surface area contributed by atoms with Gasteiger partial charge >= 0.3 is 5.97 Å². The van der Waals surface area contributed by atoms with Gasteiger partial charge in [0.25, 0.3) is 5.91 Å². The van der Waals surface area contributed by atoms with Crippen molar-refractivity contribution in [2.75, 3.05) is 24.7 Å². The lowest BCUT2D eigenvalue weighted by Crippen LogP contribution is -2.43. The maximum absolute atomic E-state index is 12.3. The van der Waals surface area contributed by atoms with E-state index in [1.807, 2.05) is 19.9 Å². The Kier molecular flexibility index (Phi) is 5.64. The first-order chi connectivity index (χ1) is 11.2. The lowest BCUT2D eigenvalue weighted by molar-refractivity contribution is -0.136. The highest BCUT2D eigenvalue weighted by Gasteiger charge is 2.34. The summed E-state index contributed by atoms with van der Waals surface area (Å²) < 4.78 is 28.3. The van der Waals surface area contributed by atoms with Crippen molar-refractivity contribution in [1.82, 2.24) is 4.90 Å². The number of aryl methyl sites for hydroxylation is 2. The molecule has 1 aliphatic heterocycles. The summed E-state index contributed by atoms with van der Waals surface area (Å²) in [4.78, 5) is 25.9. The van der Waals surface area contributed by atoms with Crippen LogP contribution < -0.4 is 0 Å². The summed E-state index contributed by atoms with van der Waals surface area (Å²) in [5.74, 6) is -0.830. The maximum atomic E-state index is 12.3. The molecule has 1 atom stereocenters. The van der Waals surface area contributed by atoms with Crippen LogP contribution in [0.3, 0.4) is 0 Å². The predicted octanol–water partition coefficient (Wildman–Crippen LogP) is 1.50. The zero-order valence-electron chi connectivity index (χ0n) is 14.2. The van der Waals surface area contributed by atoms with Crippen molar-refractivity contribution < 1.29 is 22.7 Å². The van der Waals surface area contributed by atoms with Crippen molar-refractivity contribution in [3.05, 3.63) is 34.9 Å². The van der Waals surface area contributed by atoms with E-state index in [0.717, 1.165) is 11.1 Å². The molecule has 132 valence electrons. The zero-order chi connectivity index (χ0) is 17.9. The van der Waals surface area contributed by atoms with Crippen LogP contribution >= 0.6 is 0 Å². The average Bonchev–Trinajstić information content (AvgIpc) is 2.84. The van der Waals surface area contributed by atoms with Gasteiger partial charge in [-0.3, -0.25) is 4.79 Å². The highest BCUT2D eigenvalue weighted by molar-refractivity contribution is 7.91. The second-order valence-electron chi connectivity index (χ2n) is 6.19. The van der Waals surface area contributed by atoms with E-state index in [1.54, 1.807) is 19.1 Å². The maximum Gasteiger partial charge on any atom is 0.338 e. The van der Waals surface area contributed by atoms with Crippen molar-refractivity contribution in [3.8, 4) is 0 Å². The van der Waals surface area contributed by atoms with E-state index >= 15 is 0 Å². The molecule has 1 aromatic rings. The molecule has 1 aliphatic rings. The molecule has 6 nitrogen and oxygen atoms in total. The number of benzene rings is 1. The molecule has 1 aromatic carbocycles. The van der Waals surface area contributed by atoms with Crippen molar-refractivity contribution >= 4 is 21.7 Å². The molecule has 1 amide bonds. The molecule has 1 fully saturated rings. The summed E-state index contributed by atoms with van der Waals surface area (Å²) in [7, 11) is -3.07. The Balaban J connectivity index is 1.97. The topological polar surface area (TPSA) is 80.8 Å².